The monoisotopic (exact) mass is 382 g/mol. The van der Waals surface area contributed by atoms with Gasteiger partial charge in [0.15, 0.2) is 5.82 Å². The third kappa shape index (κ3) is 3.00. The highest BCUT2D eigenvalue weighted by Gasteiger charge is 2.22. The van der Waals surface area contributed by atoms with E-state index in [1.165, 1.54) is 17.4 Å². The van der Waals surface area contributed by atoms with Gasteiger partial charge in [-0.05, 0) is 33.4 Å². The average Bonchev–Trinajstić information content (AvgIpc) is 2.83. The van der Waals surface area contributed by atoms with Crippen LogP contribution in [0.15, 0.2) is 32.9 Å². The second-order valence-electron chi connectivity index (χ2n) is 3.76. The van der Waals surface area contributed by atoms with Crippen LogP contribution in [-0.2, 0) is 16.6 Å². The van der Waals surface area contributed by atoms with E-state index in [-0.39, 0.29) is 21.6 Å². The second-order valence-corrected chi connectivity index (χ2v) is 7.27. The number of sulfonamides is 1. The van der Waals surface area contributed by atoms with Gasteiger partial charge in [-0.25, -0.2) is 17.2 Å². The fourth-order valence-corrected chi connectivity index (χ4v) is 4.61. The summed E-state index contributed by atoms with van der Waals surface area (Å²) in [4.78, 5) is 0.441. The maximum atomic E-state index is 13.6. The SMILES string of the molecule is NCc1sccc1S(=O)(=O)Nc1c(F)cc(F)cc1Br. The fraction of sp³-hybridized carbons (Fsp3) is 0.0909. The van der Waals surface area contributed by atoms with Gasteiger partial charge in [0.1, 0.15) is 10.7 Å². The molecule has 1 heterocycles. The van der Waals surface area contributed by atoms with Crippen molar-refractivity contribution < 1.29 is 17.2 Å². The predicted octanol–water partition coefficient (Wildman–Crippen LogP) is 3.05. The second kappa shape index (κ2) is 5.76. The predicted molar refractivity (Wildman–Crippen MR) is 77.1 cm³/mol. The number of rotatable bonds is 4. The smallest absolute Gasteiger partial charge is 0.263 e. The zero-order valence-corrected chi connectivity index (χ0v) is 13.1. The van der Waals surface area contributed by atoms with Crippen molar-refractivity contribution in [1.82, 2.24) is 0 Å². The molecule has 9 heteroatoms. The summed E-state index contributed by atoms with van der Waals surface area (Å²) in [5.41, 5.74) is 5.10. The molecule has 0 spiro atoms. The Morgan fingerprint density at radius 1 is 1.35 bits per heavy atom. The maximum absolute atomic E-state index is 13.6. The number of anilines is 1. The number of halogens is 3. The topological polar surface area (TPSA) is 72.2 Å². The first-order valence-corrected chi connectivity index (χ1v) is 8.44. The molecule has 0 aliphatic heterocycles. The highest BCUT2D eigenvalue weighted by molar-refractivity contribution is 9.10. The van der Waals surface area contributed by atoms with Gasteiger partial charge in [-0.3, -0.25) is 4.72 Å². The lowest BCUT2D eigenvalue weighted by atomic mass is 10.3. The quantitative estimate of drug-likeness (QED) is 0.853. The summed E-state index contributed by atoms with van der Waals surface area (Å²) in [6.07, 6.45) is 0. The lowest BCUT2D eigenvalue weighted by molar-refractivity contribution is 0.581. The van der Waals surface area contributed by atoms with Crippen LogP contribution in [-0.4, -0.2) is 8.42 Å². The Morgan fingerprint density at radius 2 is 2.05 bits per heavy atom. The minimum Gasteiger partial charge on any atom is -0.326 e. The van der Waals surface area contributed by atoms with Crippen molar-refractivity contribution >= 4 is 43.0 Å². The van der Waals surface area contributed by atoms with Crippen molar-refractivity contribution in [2.45, 2.75) is 11.4 Å². The highest BCUT2D eigenvalue weighted by atomic mass is 79.9. The first-order chi connectivity index (χ1) is 9.35. The lowest BCUT2D eigenvalue weighted by Gasteiger charge is -2.11. The van der Waals surface area contributed by atoms with Crippen molar-refractivity contribution in [1.29, 1.82) is 0 Å². The molecule has 0 amide bonds. The number of nitrogens with two attached hydrogens (primary N) is 1. The van der Waals surface area contributed by atoms with Gasteiger partial charge in [-0.1, -0.05) is 0 Å². The minimum atomic E-state index is -3.98. The molecule has 0 unspecified atom stereocenters. The molecule has 3 N–H and O–H groups in total. The largest absolute Gasteiger partial charge is 0.326 e. The first kappa shape index (κ1) is 15.4. The number of hydrogen-bond donors (Lipinski definition) is 2. The summed E-state index contributed by atoms with van der Waals surface area (Å²) in [6, 6.07) is 2.95. The molecule has 0 aliphatic carbocycles. The minimum absolute atomic E-state index is 0.0133. The molecule has 0 radical (unpaired) electrons. The third-order valence-electron chi connectivity index (χ3n) is 2.42. The number of nitrogens with one attached hydrogen (secondary N) is 1. The molecular weight excluding hydrogens is 374 g/mol. The van der Waals surface area contributed by atoms with Gasteiger partial charge in [-0.2, -0.15) is 0 Å². The van der Waals surface area contributed by atoms with E-state index in [1.807, 2.05) is 0 Å². The van der Waals surface area contributed by atoms with Gasteiger partial charge in [0.05, 0.1) is 5.69 Å². The van der Waals surface area contributed by atoms with Crippen LogP contribution in [0.1, 0.15) is 4.88 Å². The van der Waals surface area contributed by atoms with Crippen molar-refractivity contribution in [2.24, 2.45) is 5.73 Å². The van der Waals surface area contributed by atoms with Gasteiger partial charge in [0, 0.05) is 22.0 Å². The van der Waals surface area contributed by atoms with Crippen molar-refractivity contribution in [3.8, 4) is 0 Å². The van der Waals surface area contributed by atoms with Gasteiger partial charge < -0.3 is 5.73 Å². The molecular formula is C11H9BrF2N2O2S2. The highest BCUT2D eigenvalue weighted by Crippen LogP contribution is 2.30. The van der Waals surface area contributed by atoms with Gasteiger partial charge in [0.25, 0.3) is 10.0 Å². The molecule has 0 saturated heterocycles. The van der Waals surface area contributed by atoms with Crippen LogP contribution in [0.25, 0.3) is 0 Å². The summed E-state index contributed by atoms with van der Waals surface area (Å²) in [7, 11) is -3.98. The van der Waals surface area contributed by atoms with Crippen LogP contribution in [0.5, 0.6) is 0 Å². The molecule has 2 rings (SSSR count). The number of hydrogen-bond acceptors (Lipinski definition) is 4. The standard InChI is InChI=1S/C11H9BrF2N2O2S2/c12-7-3-6(13)4-8(14)11(7)16-20(17,18)10-1-2-19-9(10)5-15/h1-4,16H,5,15H2. The summed E-state index contributed by atoms with van der Waals surface area (Å²) in [5.74, 6) is -1.82. The number of benzene rings is 1. The Bertz CT molecular complexity index is 724. The van der Waals surface area contributed by atoms with E-state index in [2.05, 4.69) is 20.7 Å². The molecule has 20 heavy (non-hydrogen) atoms. The van der Waals surface area contributed by atoms with Crippen LogP contribution in [0.4, 0.5) is 14.5 Å². The van der Waals surface area contributed by atoms with E-state index in [1.54, 1.807) is 5.38 Å². The molecule has 4 nitrogen and oxygen atoms in total. The third-order valence-corrected chi connectivity index (χ3v) is 5.56. The summed E-state index contributed by atoms with van der Waals surface area (Å²) in [5, 5.41) is 1.58. The Kier molecular flexibility index (Phi) is 4.43. The van der Waals surface area contributed by atoms with E-state index in [0.29, 0.717) is 10.9 Å². The van der Waals surface area contributed by atoms with Crippen LogP contribution in [0.2, 0.25) is 0 Å². The maximum Gasteiger partial charge on any atom is 0.263 e. The molecule has 0 atom stereocenters. The number of thiophene rings is 1. The average molecular weight is 383 g/mol. The Morgan fingerprint density at radius 3 is 2.65 bits per heavy atom. The van der Waals surface area contributed by atoms with E-state index >= 15 is 0 Å². The molecule has 0 bridgehead atoms. The Hall–Kier alpha value is -1.03. The molecule has 0 saturated carbocycles. The normalized spacial score (nSPS) is 11.6. The Labute approximate surface area is 126 Å². The molecule has 0 fully saturated rings. The first-order valence-electron chi connectivity index (χ1n) is 5.29. The van der Waals surface area contributed by atoms with Gasteiger partial charge in [0.2, 0.25) is 0 Å². The van der Waals surface area contributed by atoms with Crippen LogP contribution < -0.4 is 10.5 Å². The van der Waals surface area contributed by atoms with E-state index < -0.39 is 21.7 Å². The summed E-state index contributed by atoms with van der Waals surface area (Å²) >= 11 is 4.11. The van der Waals surface area contributed by atoms with Crippen molar-refractivity contribution in [3.05, 3.63) is 44.6 Å². The lowest BCUT2D eigenvalue weighted by Crippen LogP contribution is -2.16. The van der Waals surface area contributed by atoms with Gasteiger partial charge >= 0.3 is 0 Å². The van der Waals surface area contributed by atoms with Crippen molar-refractivity contribution in [2.75, 3.05) is 4.72 Å². The van der Waals surface area contributed by atoms with Crippen LogP contribution in [0, 0.1) is 11.6 Å². The van der Waals surface area contributed by atoms with Crippen LogP contribution in [0.3, 0.4) is 0 Å². The molecule has 2 aromatic rings. The van der Waals surface area contributed by atoms with Gasteiger partial charge in [-0.15, -0.1) is 11.3 Å². The molecule has 108 valence electrons. The summed E-state index contributed by atoms with van der Waals surface area (Å²) in [6.45, 7) is 0.0565. The molecule has 0 aliphatic rings. The molecule has 1 aromatic heterocycles. The van der Waals surface area contributed by atoms with E-state index in [4.69, 9.17) is 5.73 Å². The van der Waals surface area contributed by atoms with Crippen molar-refractivity contribution in [3.63, 3.8) is 0 Å². The molecule has 1 aromatic carbocycles. The van der Waals surface area contributed by atoms with Crippen LogP contribution >= 0.6 is 27.3 Å². The van der Waals surface area contributed by atoms with E-state index in [9.17, 15) is 17.2 Å². The zero-order valence-electron chi connectivity index (χ0n) is 9.86. The fourth-order valence-electron chi connectivity index (χ4n) is 1.55. The Balaban J connectivity index is 2.44. The summed E-state index contributed by atoms with van der Waals surface area (Å²) < 4.78 is 53.1. The van der Waals surface area contributed by atoms with E-state index in [0.717, 1.165) is 6.07 Å². The zero-order chi connectivity index (χ0) is 14.9.